The zero-order chi connectivity index (χ0) is 51.7. The van der Waals surface area contributed by atoms with Crippen LogP contribution in [0.15, 0.2) is 195 Å². The van der Waals surface area contributed by atoms with Gasteiger partial charge in [-0.15, -0.1) is 0 Å². The van der Waals surface area contributed by atoms with Crippen LogP contribution in [0.1, 0.15) is 58.2 Å². The van der Waals surface area contributed by atoms with E-state index in [0.29, 0.717) is 0 Å². The molecule has 0 atom stereocenters. The van der Waals surface area contributed by atoms with Gasteiger partial charge in [0, 0.05) is 88.0 Å². The second kappa shape index (κ2) is 17.1. The van der Waals surface area contributed by atoms with Gasteiger partial charge in [0.2, 0.25) is 0 Å². The normalized spacial score (nSPS) is 12.8. The van der Waals surface area contributed by atoms with Crippen molar-refractivity contribution in [3.63, 3.8) is 0 Å². The van der Waals surface area contributed by atoms with Crippen molar-refractivity contribution in [1.82, 2.24) is 0 Å². The first-order chi connectivity index (χ1) is 36.1. The van der Waals surface area contributed by atoms with Gasteiger partial charge in [0.25, 0.3) is 0 Å². The maximum atomic E-state index is 7.38. The maximum absolute atomic E-state index is 7.38. The quantitative estimate of drug-likeness (QED) is 0.142. The molecule has 0 aliphatic heterocycles. The fourth-order valence-electron chi connectivity index (χ4n) is 11.8. The van der Waals surface area contributed by atoms with Crippen LogP contribution in [0.4, 0.5) is 34.1 Å². The SMILES string of the molecule is CC(C)(C)c1cccc2c1oc1c(N(c3ccc(C[SiH3])cc3)c3cc4oc5cc(N(c6ccc([Si](C)(C)C)cc6)c6cccc7c6oc6c(C(C)(C)C)cccc67)c6ccccc6c5c4c4ccccc34)cccc12. The molecule has 0 aliphatic rings. The van der Waals surface area contributed by atoms with Crippen molar-refractivity contribution in [3.8, 4) is 0 Å². The molecule has 3 heterocycles. The molecule has 0 fully saturated rings. The number of hydrogen-bond acceptors (Lipinski definition) is 5. The van der Waals surface area contributed by atoms with Gasteiger partial charge in [-0.2, -0.15) is 0 Å². The van der Waals surface area contributed by atoms with E-state index in [4.69, 9.17) is 13.3 Å². The number of rotatable bonds is 8. The van der Waals surface area contributed by atoms with Gasteiger partial charge in [-0.05, 0) is 64.0 Å². The molecule has 5 nitrogen and oxygen atoms in total. The van der Waals surface area contributed by atoms with Crippen molar-refractivity contribution < 1.29 is 13.3 Å². The summed E-state index contributed by atoms with van der Waals surface area (Å²) in [4.78, 5) is 4.79. The minimum atomic E-state index is -1.61. The molecule has 0 saturated heterocycles. The van der Waals surface area contributed by atoms with Crippen LogP contribution >= 0.6 is 0 Å². The first-order valence-electron chi connectivity index (χ1n) is 26.6. The van der Waals surface area contributed by atoms with E-state index in [0.717, 1.165) is 138 Å². The molecule has 370 valence electrons. The lowest BCUT2D eigenvalue weighted by atomic mass is 9.86. The summed E-state index contributed by atoms with van der Waals surface area (Å²) in [5, 5.41) is 12.5. The topological polar surface area (TPSA) is 45.9 Å². The highest BCUT2D eigenvalue weighted by Crippen LogP contribution is 2.52. The summed E-state index contributed by atoms with van der Waals surface area (Å²) in [6.45, 7) is 20.8. The molecule has 75 heavy (non-hydrogen) atoms. The van der Waals surface area contributed by atoms with Gasteiger partial charge in [0.15, 0.2) is 11.2 Å². The van der Waals surface area contributed by atoms with E-state index >= 15 is 0 Å². The van der Waals surface area contributed by atoms with Crippen molar-refractivity contribution >= 4 is 145 Å². The van der Waals surface area contributed by atoms with Crippen molar-refractivity contribution in [3.05, 3.63) is 199 Å². The Hall–Kier alpha value is -7.85. The fraction of sp³-hybridized carbons (Fsp3) is 0.176. The zero-order valence-electron chi connectivity index (χ0n) is 44.6. The Morgan fingerprint density at radius 3 is 1.16 bits per heavy atom. The molecule has 0 saturated carbocycles. The van der Waals surface area contributed by atoms with Crippen LogP contribution in [0.3, 0.4) is 0 Å². The van der Waals surface area contributed by atoms with Gasteiger partial charge in [-0.3, -0.25) is 0 Å². The van der Waals surface area contributed by atoms with Crippen molar-refractivity contribution in [2.45, 2.75) is 78.1 Å². The lowest BCUT2D eigenvalue weighted by Crippen LogP contribution is -2.37. The van der Waals surface area contributed by atoms with E-state index in [1.807, 2.05) is 0 Å². The lowest BCUT2D eigenvalue weighted by Gasteiger charge is -2.28. The van der Waals surface area contributed by atoms with Gasteiger partial charge < -0.3 is 23.1 Å². The predicted molar refractivity (Wildman–Crippen MR) is 327 cm³/mol. The predicted octanol–water partition coefficient (Wildman–Crippen LogP) is 18.6. The number of anilines is 6. The van der Waals surface area contributed by atoms with Crippen LogP contribution in [-0.4, -0.2) is 18.3 Å². The van der Waals surface area contributed by atoms with E-state index in [-0.39, 0.29) is 10.8 Å². The fourth-order valence-corrected chi connectivity index (χ4v) is 13.4. The number of furan rings is 3. The van der Waals surface area contributed by atoms with E-state index in [1.165, 1.54) is 21.9 Å². The van der Waals surface area contributed by atoms with Gasteiger partial charge in [0.05, 0.1) is 30.8 Å². The number of fused-ring (bicyclic) bond motifs is 13. The van der Waals surface area contributed by atoms with Crippen LogP contribution in [0.25, 0.3) is 87.4 Å². The Morgan fingerprint density at radius 2 is 0.760 bits per heavy atom. The molecule has 3 aromatic heterocycles. The highest BCUT2D eigenvalue weighted by atomic mass is 28.3. The molecule has 0 aliphatic carbocycles. The summed E-state index contributed by atoms with van der Waals surface area (Å²) < 4.78 is 21.7. The van der Waals surface area contributed by atoms with Gasteiger partial charge in [0.1, 0.15) is 22.3 Å². The second-order valence-electron chi connectivity index (χ2n) is 23.6. The van der Waals surface area contributed by atoms with E-state index in [9.17, 15) is 0 Å². The molecular weight excluding hydrogens is 949 g/mol. The average Bonchev–Trinajstić information content (AvgIpc) is 4.11. The third-order valence-corrected chi connectivity index (χ3v) is 18.5. The Balaban J connectivity index is 1.09. The largest absolute Gasteiger partial charge is 0.456 e. The van der Waals surface area contributed by atoms with Crippen LogP contribution in [0, 0.1) is 0 Å². The summed E-state index contributed by atoms with van der Waals surface area (Å²) in [5.74, 6) is 0. The van der Waals surface area contributed by atoms with Crippen molar-refractivity contribution in [2.75, 3.05) is 9.80 Å². The molecule has 0 radical (unpaired) electrons. The summed E-state index contributed by atoms with van der Waals surface area (Å²) in [6, 6.07) is 68.0. The van der Waals surface area contributed by atoms with E-state index < -0.39 is 8.07 Å². The number of hydrogen-bond donors (Lipinski definition) is 0. The maximum Gasteiger partial charge on any atom is 0.159 e. The second-order valence-corrected chi connectivity index (χ2v) is 29.4. The van der Waals surface area contributed by atoms with Crippen LogP contribution in [0.2, 0.25) is 19.6 Å². The summed E-state index contributed by atoms with van der Waals surface area (Å²) in [5.41, 5.74) is 14.8. The molecule has 0 amide bonds. The van der Waals surface area contributed by atoms with Gasteiger partial charge in [-0.1, -0.05) is 205 Å². The Bertz CT molecular complexity index is 4410. The summed E-state index contributed by atoms with van der Waals surface area (Å²) in [6.07, 6.45) is 0. The standard InChI is InChI=1S/C68H62N2O3Si2/c1-67(2,3)53-26-14-22-49-51-24-16-28-55(65(51)72-63(49)53)69(42-32-30-41(40-74)31-33-42)57-38-59-61(47-20-12-10-18-45(47)57)62-48-21-13-11-19-46(48)58(39-60(62)71-59)70(43-34-36-44(37-35-43)75(7,8)9)56-29-17-25-52-50-23-15-27-54(68(4,5)6)64(50)73-66(52)56/h10-39H,40H2,1-9,74H3. The molecule has 0 bridgehead atoms. The summed E-state index contributed by atoms with van der Waals surface area (Å²) in [7, 11) is -0.518. The smallest absolute Gasteiger partial charge is 0.159 e. The Kier molecular flexibility index (Phi) is 10.7. The average molecular weight is 1010 g/mol. The van der Waals surface area contributed by atoms with Crippen molar-refractivity contribution in [1.29, 1.82) is 0 Å². The van der Waals surface area contributed by atoms with Crippen LogP contribution in [-0.2, 0) is 16.9 Å². The van der Waals surface area contributed by atoms with Crippen molar-refractivity contribution in [2.24, 2.45) is 0 Å². The molecule has 0 spiro atoms. The van der Waals surface area contributed by atoms with Crippen LogP contribution in [0.5, 0.6) is 0 Å². The minimum absolute atomic E-state index is 0.106. The monoisotopic (exact) mass is 1010 g/mol. The highest BCUT2D eigenvalue weighted by Gasteiger charge is 2.30. The summed E-state index contributed by atoms with van der Waals surface area (Å²) >= 11 is 0. The van der Waals surface area contributed by atoms with Gasteiger partial charge >= 0.3 is 0 Å². The third-order valence-electron chi connectivity index (χ3n) is 15.6. The third kappa shape index (κ3) is 7.53. The molecule has 13 aromatic rings. The Labute approximate surface area is 442 Å². The Morgan fingerprint density at radius 1 is 0.387 bits per heavy atom. The lowest BCUT2D eigenvalue weighted by molar-refractivity contribution is 0.572. The number of benzene rings is 10. The first-order valence-corrected chi connectivity index (χ1v) is 31.5. The molecule has 7 heteroatoms. The highest BCUT2D eigenvalue weighted by molar-refractivity contribution is 6.88. The molecule has 10 aromatic carbocycles. The molecular formula is C68H62N2O3Si2. The first kappa shape index (κ1) is 46.9. The van der Waals surface area contributed by atoms with Gasteiger partial charge in [-0.25, -0.2) is 0 Å². The van der Waals surface area contributed by atoms with E-state index in [1.54, 1.807) is 0 Å². The minimum Gasteiger partial charge on any atom is -0.456 e. The zero-order valence-corrected chi connectivity index (χ0v) is 47.6. The number of para-hydroxylation sites is 4. The molecule has 0 unspecified atom stereocenters. The molecule has 0 N–H and O–H groups in total. The van der Waals surface area contributed by atoms with Crippen LogP contribution < -0.4 is 15.0 Å². The molecule has 13 rings (SSSR count). The van der Waals surface area contributed by atoms with E-state index in [2.05, 4.69) is 253 Å². The number of nitrogens with zero attached hydrogens (tertiary/aromatic N) is 2.